The van der Waals surface area contributed by atoms with Crippen LogP contribution in [0.25, 0.3) is 0 Å². The van der Waals surface area contributed by atoms with Crippen molar-refractivity contribution in [2.45, 2.75) is 6.42 Å². The van der Waals surface area contributed by atoms with Crippen LogP contribution >= 0.6 is 0 Å². The average Bonchev–Trinajstić information content (AvgIpc) is 2.43. The van der Waals surface area contributed by atoms with Crippen LogP contribution in [0.5, 0.6) is 0 Å². The van der Waals surface area contributed by atoms with Crippen LogP contribution < -0.4 is 0 Å². The van der Waals surface area contributed by atoms with Gasteiger partial charge in [-0.05, 0) is 6.42 Å². The molecular formula is C5H6O2. The summed E-state index contributed by atoms with van der Waals surface area (Å²) in [5.74, 6) is 0.134. The normalized spacial score (nSPS) is 37.1. The fourth-order valence-corrected chi connectivity index (χ4v) is 0.549. The molecule has 2 heteroatoms. The molecule has 1 saturated carbocycles. The summed E-state index contributed by atoms with van der Waals surface area (Å²) >= 11 is 0. The molecule has 0 aliphatic heterocycles. The third-order valence-electron chi connectivity index (χ3n) is 1.24. The zero-order valence-corrected chi connectivity index (χ0v) is 3.83. The van der Waals surface area contributed by atoms with Gasteiger partial charge >= 0.3 is 0 Å². The first-order valence-corrected chi connectivity index (χ1v) is 2.29. The fraction of sp³-hybridized carbons (Fsp3) is 0.600. The van der Waals surface area contributed by atoms with Gasteiger partial charge in [0.05, 0.1) is 0 Å². The Balaban J connectivity index is 2.30. The van der Waals surface area contributed by atoms with E-state index in [4.69, 9.17) is 0 Å². The molecule has 0 radical (unpaired) electrons. The van der Waals surface area contributed by atoms with Gasteiger partial charge in [-0.2, -0.15) is 0 Å². The molecule has 1 aliphatic carbocycles. The van der Waals surface area contributed by atoms with E-state index in [0.717, 1.165) is 19.0 Å². The first-order chi connectivity index (χ1) is 3.38. The van der Waals surface area contributed by atoms with E-state index in [1.54, 1.807) is 0 Å². The van der Waals surface area contributed by atoms with Gasteiger partial charge in [0.25, 0.3) is 0 Å². The minimum atomic E-state index is 0.0671. The largest absolute Gasteiger partial charge is 0.303 e. The van der Waals surface area contributed by atoms with Crippen molar-refractivity contribution in [1.82, 2.24) is 0 Å². The highest BCUT2D eigenvalue weighted by Crippen LogP contribution is 2.33. The molecule has 0 unspecified atom stereocenters. The molecule has 0 aromatic rings. The average molecular weight is 98.1 g/mol. The summed E-state index contributed by atoms with van der Waals surface area (Å²) in [5, 5.41) is 0. The molecule has 2 nitrogen and oxygen atoms in total. The monoisotopic (exact) mass is 98.0 g/mol. The van der Waals surface area contributed by atoms with E-state index < -0.39 is 0 Å². The van der Waals surface area contributed by atoms with Gasteiger partial charge in [-0.25, -0.2) is 0 Å². The summed E-state index contributed by atoms with van der Waals surface area (Å²) in [4.78, 5) is 19.6. The Morgan fingerprint density at radius 3 is 1.71 bits per heavy atom. The smallest absolute Gasteiger partial charge is 0.123 e. The molecule has 0 heterocycles. The van der Waals surface area contributed by atoms with Gasteiger partial charge in [-0.1, -0.05) is 0 Å². The van der Waals surface area contributed by atoms with Crippen LogP contribution in [0.3, 0.4) is 0 Å². The first kappa shape index (κ1) is 4.50. The van der Waals surface area contributed by atoms with Crippen LogP contribution in [0.1, 0.15) is 6.42 Å². The molecule has 0 amide bonds. The highest BCUT2D eigenvalue weighted by atomic mass is 16.1. The number of carbonyl (C=O) groups excluding carboxylic acids is 2. The SMILES string of the molecule is O=C[C@H]1C[C@@H]1C=O. The Hall–Kier alpha value is -0.660. The molecular weight excluding hydrogens is 92.1 g/mol. The summed E-state index contributed by atoms with van der Waals surface area (Å²) in [6.07, 6.45) is 2.48. The van der Waals surface area contributed by atoms with Gasteiger partial charge in [0.1, 0.15) is 12.6 Å². The van der Waals surface area contributed by atoms with Crippen LogP contribution in [0, 0.1) is 11.8 Å². The van der Waals surface area contributed by atoms with Crippen molar-refractivity contribution in [3.05, 3.63) is 0 Å². The fourth-order valence-electron chi connectivity index (χ4n) is 0.549. The van der Waals surface area contributed by atoms with Crippen molar-refractivity contribution in [3.63, 3.8) is 0 Å². The van der Waals surface area contributed by atoms with E-state index in [2.05, 4.69) is 0 Å². The Kier molecular flexibility index (Phi) is 0.929. The Morgan fingerprint density at radius 1 is 1.14 bits per heavy atom. The second-order valence-corrected chi connectivity index (χ2v) is 1.84. The summed E-state index contributed by atoms with van der Waals surface area (Å²) in [6.45, 7) is 0. The first-order valence-electron chi connectivity index (χ1n) is 2.29. The molecule has 0 aromatic heterocycles. The lowest BCUT2D eigenvalue weighted by Gasteiger charge is -1.67. The van der Waals surface area contributed by atoms with E-state index in [1.807, 2.05) is 0 Å². The van der Waals surface area contributed by atoms with Crippen molar-refractivity contribution in [2.75, 3.05) is 0 Å². The van der Waals surface area contributed by atoms with Gasteiger partial charge in [-0.3, -0.25) is 0 Å². The van der Waals surface area contributed by atoms with Gasteiger partial charge in [-0.15, -0.1) is 0 Å². The molecule has 38 valence electrons. The van der Waals surface area contributed by atoms with Crippen molar-refractivity contribution in [1.29, 1.82) is 0 Å². The van der Waals surface area contributed by atoms with Crippen LogP contribution in [0.15, 0.2) is 0 Å². The zero-order chi connectivity index (χ0) is 5.28. The number of hydrogen-bond donors (Lipinski definition) is 0. The predicted octanol–water partition coefficient (Wildman–Crippen LogP) is 0.0203. The van der Waals surface area contributed by atoms with Crippen LogP contribution in [-0.4, -0.2) is 12.6 Å². The van der Waals surface area contributed by atoms with Gasteiger partial charge in [0.15, 0.2) is 0 Å². The maximum absolute atomic E-state index is 9.78. The minimum absolute atomic E-state index is 0.0671. The van der Waals surface area contributed by atoms with Crippen molar-refractivity contribution in [2.24, 2.45) is 11.8 Å². The standard InChI is InChI=1S/C5H6O2/c6-2-4-1-5(4)3-7/h2-5H,1H2/t4-,5-/m1/s1. The van der Waals surface area contributed by atoms with Crippen molar-refractivity contribution in [3.8, 4) is 0 Å². The number of hydrogen-bond acceptors (Lipinski definition) is 2. The Morgan fingerprint density at radius 2 is 1.57 bits per heavy atom. The van der Waals surface area contributed by atoms with Gasteiger partial charge in [0, 0.05) is 11.8 Å². The third kappa shape index (κ3) is 0.683. The van der Waals surface area contributed by atoms with Crippen LogP contribution in [-0.2, 0) is 9.59 Å². The summed E-state index contributed by atoms with van der Waals surface area (Å²) < 4.78 is 0. The second-order valence-electron chi connectivity index (χ2n) is 1.84. The lowest BCUT2D eigenvalue weighted by Crippen LogP contribution is -1.81. The van der Waals surface area contributed by atoms with E-state index in [1.165, 1.54) is 0 Å². The Bertz CT molecular complexity index is 86.3. The number of rotatable bonds is 2. The van der Waals surface area contributed by atoms with Crippen LogP contribution in [0.2, 0.25) is 0 Å². The topological polar surface area (TPSA) is 34.1 Å². The second kappa shape index (κ2) is 1.45. The van der Waals surface area contributed by atoms with Gasteiger partial charge in [0.2, 0.25) is 0 Å². The van der Waals surface area contributed by atoms with Gasteiger partial charge < -0.3 is 9.59 Å². The van der Waals surface area contributed by atoms with E-state index in [9.17, 15) is 9.59 Å². The number of aldehydes is 2. The quantitative estimate of drug-likeness (QED) is 0.456. The molecule has 1 aliphatic rings. The highest BCUT2D eigenvalue weighted by molar-refractivity contribution is 5.71. The van der Waals surface area contributed by atoms with E-state index >= 15 is 0 Å². The van der Waals surface area contributed by atoms with Crippen molar-refractivity contribution < 1.29 is 9.59 Å². The molecule has 7 heavy (non-hydrogen) atoms. The van der Waals surface area contributed by atoms with Crippen LogP contribution in [0.4, 0.5) is 0 Å². The summed E-state index contributed by atoms with van der Waals surface area (Å²) in [7, 11) is 0. The summed E-state index contributed by atoms with van der Waals surface area (Å²) in [5.41, 5.74) is 0. The lowest BCUT2D eigenvalue weighted by atomic mass is 10.4. The minimum Gasteiger partial charge on any atom is -0.303 e. The maximum Gasteiger partial charge on any atom is 0.123 e. The lowest BCUT2D eigenvalue weighted by molar-refractivity contribution is -0.112. The molecule has 1 fully saturated rings. The molecule has 1 rings (SSSR count). The Labute approximate surface area is 41.5 Å². The third-order valence-corrected chi connectivity index (χ3v) is 1.24. The molecule has 0 spiro atoms. The zero-order valence-electron chi connectivity index (χ0n) is 3.83. The van der Waals surface area contributed by atoms with Crippen molar-refractivity contribution >= 4 is 12.6 Å². The number of carbonyl (C=O) groups is 2. The molecule has 2 atom stereocenters. The summed E-state index contributed by atoms with van der Waals surface area (Å²) in [6, 6.07) is 0. The maximum atomic E-state index is 9.78. The molecule has 0 aromatic carbocycles. The molecule has 0 N–H and O–H groups in total. The van der Waals surface area contributed by atoms with E-state index in [-0.39, 0.29) is 11.8 Å². The molecule has 0 bridgehead atoms. The predicted molar refractivity (Wildman–Crippen MR) is 23.7 cm³/mol. The van der Waals surface area contributed by atoms with E-state index in [0.29, 0.717) is 0 Å². The highest BCUT2D eigenvalue weighted by Gasteiger charge is 2.35. The molecule has 0 saturated heterocycles.